The Labute approximate surface area is 113 Å². The number of hydrogen-bond acceptors (Lipinski definition) is 2. The third kappa shape index (κ3) is 3.43. The zero-order chi connectivity index (χ0) is 14.8. The molecule has 0 aliphatic rings. The highest BCUT2D eigenvalue weighted by Gasteiger charge is 2.26. The molecule has 0 unspecified atom stereocenters. The number of nitrogens with two attached hydrogens (primary N) is 1. The number of amides is 1. The molecule has 0 spiro atoms. The number of carbonyl (C=O) groups is 1. The lowest BCUT2D eigenvalue weighted by atomic mass is 10.1. The number of aromatic amines is 1. The Morgan fingerprint density at radius 3 is 2.80 bits per heavy atom. The summed E-state index contributed by atoms with van der Waals surface area (Å²) in [5.74, 6) is -0.413. The second-order valence-corrected chi connectivity index (χ2v) is 4.48. The maximum Gasteiger partial charge on any atom is 0.389 e. The molecule has 7 heteroatoms. The van der Waals surface area contributed by atoms with E-state index in [1.54, 1.807) is 18.2 Å². The van der Waals surface area contributed by atoms with E-state index in [-0.39, 0.29) is 13.0 Å². The number of fused-ring (bicyclic) bond motifs is 1. The molecule has 0 aliphatic heterocycles. The van der Waals surface area contributed by atoms with Crippen LogP contribution in [0.3, 0.4) is 0 Å². The molecular weight excluding hydrogens is 271 g/mol. The van der Waals surface area contributed by atoms with E-state index in [9.17, 15) is 18.0 Å². The molecule has 108 valence electrons. The van der Waals surface area contributed by atoms with Crippen LogP contribution >= 0.6 is 0 Å². The molecular formula is C13H14F3N3O. The van der Waals surface area contributed by atoms with Crippen molar-refractivity contribution in [3.8, 4) is 0 Å². The van der Waals surface area contributed by atoms with E-state index >= 15 is 0 Å². The second-order valence-electron chi connectivity index (χ2n) is 4.48. The van der Waals surface area contributed by atoms with E-state index in [0.717, 1.165) is 5.52 Å². The van der Waals surface area contributed by atoms with Crippen LogP contribution in [0.2, 0.25) is 0 Å². The monoisotopic (exact) mass is 285 g/mol. The Balaban J connectivity index is 1.99. The van der Waals surface area contributed by atoms with Crippen molar-refractivity contribution in [2.45, 2.75) is 19.0 Å². The molecule has 0 fully saturated rings. The van der Waals surface area contributed by atoms with Gasteiger partial charge in [-0.05, 0) is 24.6 Å². The van der Waals surface area contributed by atoms with Gasteiger partial charge in [0.25, 0.3) is 5.91 Å². The van der Waals surface area contributed by atoms with Gasteiger partial charge in [-0.15, -0.1) is 0 Å². The topological polar surface area (TPSA) is 70.9 Å². The highest BCUT2D eigenvalue weighted by molar-refractivity contribution is 6.07. The van der Waals surface area contributed by atoms with Crippen LogP contribution in [0.5, 0.6) is 0 Å². The van der Waals surface area contributed by atoms with Crippen LogP contribution in [-0.4, -0.2) is 23.6 Å². The van der Waals surface area contributed by atoms with Gasteiger partial charge in [-0.25, -0.2) is 0 Å². The summed E-state index contributed by atoms with van der Waals surface area (Å²) in [6.45, 7) is -0.0205. The Bertz CT molecular complexity index is 619. The first-order chi connectivity index (χ1) is 9.37. The van der Waals surface area contributed by atoms with Crippen LogP contribution in [-0.2, 0) is 0 Å². The molecule has 0 radical (unpaired) electrons. The van der Waals surface area contributed by atoms with Gasteiger partial charge >= 0.3 is 6.18 Å². The van der Waals surface area contributed by atoms with Crippen molar-refractivity contribution in [1.82, 2.24) is 10.3 Å². The fourth-order valence-corrected chi connectivity index (χ4v) is 1.91. The van der Waals surface area contributed by atoms with Crippen LogP contribution in [0.25, 0.3) is 10.9 Å². The van der Waals surface area contributed by atoms with Gasteiger partial charge < -0.3 is 16.0 Å². The summed E-state index contributed by atoms with van der Waals surface area (Å²) in [7, 11) is 0. The maximum atomic E-state index is 12.0. The molecule has 4 N–H and O–H groups in total. The number of anilines is 1. The molecule has 1 amide bonds. The van der Waals surface area contributed by atoms with Crippen molar-refractivity contribution in [3.63, 3.8) is 0 Å². The number of halogens is 3. The molecule has 0 aliphatic carbocycles. The quantitative estimate of drug-likeness (QED) is 0.597. The molecule has 1 aromatic heterocycles. The number of rotatable bonds is 4. The zero-order valence-corrected chi connectivity index (χ0v) is 10.6. The van der Waals surface area contributed by atoms with Gasteiger partial charge in [0.1, 0.15) is 0 Å². The summed E-state index contributed by atoms with van der Waals surface area (Å²) >= 11 is 0. The van der Waals surface area contributed by atoms with Gasteiger partial charge in [0, 0.05) is 35.8 Å². The van der Waals surface area contributed by atoms with Gasteiger partial charge in [-0.2, -0.15) is 13.2 Å². The summed E-state index contributed by atoms with van der Waals surface area (Å²) < 4.78 is 35.9. The SMILES string of the molecule is Nc1ccc2[nH]cc(C(=O)NCCCC(F)(F)F)c2c1. The number of nitrogens with one attached hydrogen (secondary N) is 2. The predicted molar refractivity (Wildman–Crippen MR) is 70.3 cm³/mol. The first kappa shape index (κ1) is 14.2. The van der Waals surface area contributed by atoms with Crippen molar-refractivity contribution in [3.05, 3.63) is 30.0 Å². The number of nitrogen functional groups attached to an aromatic ring is 1. The van der Waals surface area contributed by atoms with E-state index in [0.29, 0.717) is 16.6 Å². The number of carbonyl (C=O) groups excluding carboxylic acids is 1. The van der Waals surface area contributed by atoms with Crippen molar-refractivity contribution in [2.75, 3.05) is 12.3 Å². The highest BCUT2D eigenvalue weighted by atomic mass is 19.4. The van der Waals surface area contributed by atoms with Crippen LogP contribution in [0.1, 0.15) is 23.2 Å². The minimum absolute atomic E-state index is 0.0205. The summed E-state index contributed by atoms with van der Waals surface area (Å²) in [5, 5.41) is 3.12. The molecule has 20 heavy (non-hydrogen) atoms. The summed E-state index contributed by atoms with van der Waals surface area (Å²) in [4.78, 5) is 14.8. The summed E-state index contributed by atoms with van der Waals surface area (Å²) in [6, 6.07) is 5.09. The van der Waals surface area contributed by atoms with E-state index in [1.165, 1.54) is 6.20 Å². The second kappa shape index (κ2) is 5.44. The number of H-pyrrole nitrogens is 1. The Morgan fingerprint density at radius 1 is 1.35 bits per heavy atom. The van der Waals surface area contributed by atoms with Crippen LogP contribution in [0.4, 0.5) is 18.9 Å². The normalized spacial score (nSPS) is 11.8. The van der Waals surface area contributed by atoms with E-state index in [2.05, 4.69) is 10.3 Å². The number of benzene rings is 1. The average Bonchev–Trinajstić information content (AvgIpc) is 2.76. The Kier molecular flexibility index (Phi) is 3.87. The van der Waals surface area contributed by atoms with Crippen molar-refractivity contribution < 1.29 is 18.0 Å². The van der Waals surface area contributed by atoms with Gasteiger partial charge in [-0.3, -0.25) is 4.79 Å². The smallest absolute Gasteiger partial charge is 0.389 e. The van der Waals surface area contributed by atoms with Gasteiger partial charge in [0.05, 0.1) is 5.56 Å². The van der Waals surface area contributed by atoms with Gasteiger partial charge in [0.2, 0.25) is 0 Å². The molecule has 1 aromatic carbocycles. The van der Waals surface area contributed by atoms with Gasteiger partial charge in [-0.1, -0.05) is 0 Å². The Hall–Kier alpha value is -2.18. The van der Waals surface area contributed by atoms with Crippen molar-refractivity contribution in [1.29, 1.82) is 0 Å². The fraction of sp³-hybridized carbons (Fsp3) is 0.308. The lowest BCUT2D eigenvalue weighted by Gasteiger charge is -2.07. The summed E-state index contributed by atoms with van der Waals surface area (Å²) in [5.41, 5.74) is 7.29. The van der Waals surface area contributed by atoms with Crippen molar-refractivity contribution >= 4 is 22.5 Å². The lowest BCUT2D eigenvalue weighted by Crippen LogP contribution is -2.25. The molecule has 0 saturated carbocycles. The van der Waals surface area contributed by atoms with E-state index in [4.69, 9.17) is 5.73 Å². The fourth-order valence-electron chi connectivity index (χ4n) is 1.91. The largest absolute Gasteiger partial charge is 0.399 e. The minimum Gasteiger partial charge on any atom is -0.399 e. The highest BCUT2D eigenvalue weighted by Crippen LogP contribution is 2.22. The van der Waals surface area contributed by atoms with E-state index < -0.39 is 18.5 Å². The number of aromatic nitrogens is 1. The first-order valence-electron chi connectivity index (χ1n) is 6.08. The molecule has 2 aromatic rings. The van der Waals surface area contributed by atoms with Gasteiger partial charge in [0.15, 0.2) is 0 Å². The molecule has 2 rings (SSSR count). The molecule has 0 bridgehead atoms. The Morgan fingerprint density at radius 2 is 2.10 bits per heavy atom. The third-order valence-corrected chi connectivity index (χ3v) is 2.87. The van der Waals surface area contributed by atoms with Crippen LogP contribution < -0.4 is 11.1 Å². The van der Waals surface area contributed by atoms with Crippen molar-refractivity contribution in [2.24, 2.45) is 0 Å². The van der Waals surface area contributed by atoms with E-state index in [1.807, 2.05) is 0 Å². The third-order valence-electron chi connectivity index (χ3n) is 2.87. The number of hydrogen-bond donors (Lipinski definition) is 3. The lowest BCUT2D eigenvalue weighted by molar-refractivity contribution is -0.135. The molecule has 0 atom stereocenters. The van der Waals surface area contributed by atoms with Crippen LogP contribution in [0.15, 0.2) is 24.4 Å². The standard InChI is InChI=1S/C13H14F3N3O/c14-13(15,16)4-1-5-18-12(20)10-7-19-11-3-2-8(17)6-9(10)11/h2-3,6-7,19H,1,4-5,17H2,(H,18,20). The predicted octanol–water partition coefficient (Wildman–Crippen LogP) is 2.82. The maximum absolute atomic E-state index is 12.0. The van der Waals surface area contributed by atoms with Crippen LogP contribution in [0, 0.1) is 0 Å². The molecule has 0 saturated heterocycles. The minimum atomic E-state index is -4.19. The first-order valence-corrected chi connectivity index (χ1v) is 6.08. The average molecular weight is 285 g/mol. The molecule has 1 heterocycles. The summed E-state index contributed by atoms with van der Waals surface area (Å²) in [6.07, 6.45) is -3.73. The number of alkyl halides is 3. The molecule has 4 nitrogen and oxygen atoms in total. The zero-order valence-electron chi connectivity index (χ0n) is 10.6.